The van der Waals surface area contributed by atoms with Crippen molar-refractivity contribution in [2.24, 2.45) is 10.7 Å². The average molecular weight is 233 g/mol. The number of ether oxygens (including phenoxy) is 1. The minimum Gasteiger partial charge on any atom is -0.383 e. The number of guanidine groups is 1. The van der Waals surface area contributed by atoms with Crippen LogP contribution in [0.25, 0.3) is 0 Å². The Morgan fingerprint density at radius 1 is 1.53 bits per heavy atom. The normalized spacial score (nSPS) is 18.4. The molecule has 0 bridgehead atoms. The van der Waals surface area contributed by atoms with Crippen molar-refractivity contribution in [3.05, 3.63) is 35.4 Å². The lowest BCUT2D eigenvalue weighted by Gasteiger charge is -2.28. The Balaban J connectivity index is 1.78. The molecule has 0 aromatic heterocycles. The summed E-state index contributed by atoms with van der Waals surface area (Å²) in [6, 6.07) is 8.51. The molecule has 1 aromatic carbocycles. The number of hydrogen-bond donors (Lipinski definition) is 2. The van der Waals surface area contributed by atoms with E-state index in [1.54, 1.807) is 7.11 Å². The van der Waals surface area contributed by atoms with Gasteiger partial charge in [0, 0.05) is 26.1 Å². The van der Waals surface area contributed by atoms with Crippen LogP contribution in [0.3, 0.4) is 0 Å². The zero-order valence-electron chi connectivity index (χ0n) is 10.1. The predicted molar refractivity (Wildman–Crippen MR) is 69.3 cm³/mol. The Kier molecular flexibility index (Phi) is 3.98. The molecule has 4 nitrogen and oxygen atoms in total. The predicted octanol–water partition coefficient (Wildman–Crippen LogP) is 0.877. The maximum atomic E-state index is 5.74. The van der Waals surface area contributed by atoms with Gasteiger partial charge in [0.1, 0.15) is 0 Å². The molecule has 17 heavy (non-hydrogen) atoms. The molecule has 1 aliphatic carbocycles. The Morgan fingerprint density at radius 3 is 3.12 bits per heavy atom. The van der Waals surface area contributed by atoms with Crippen LogP contribution in [0.15, 0.2) is 29.3 Å². The maximum absolute atomic E-state index is 5.74. The van der Waals surface area contributed by atoms with E-state index in [4.69, 9.17) is 10.5 Å². The summed E-state index contributed by atoms with van der Waals surface area (Å²) < 4.78 is 4.92. The zero-order chi connectivity index (χ0) is 12.1. The third kappa shape index (κ3) is 2.97. The molecular formula is C13H19N3O. The maximum Gasteiger partial charge on any atom is 0.188 e. The Hall–Kier alpha value is -1.55. The van der Waals surface area contributed by atoms with Crippen LogP contribution in [-0.4, -0.2) is 32.8 Å². The average Bonchev–Trinajstić information content (AvgIpc) is 2.31. The summed E-state index contributed by atoms with van der Waals surface area (Å²) in [6.07, 6.45) is 1.12. The fourth-order valence-electron chi connectivity index (χ4n) is 2.07. The summed E-state index contributed by atoms with van der Waals surface area (Å²) in [5, 5.41) is 3.01. The number of hydrogen-bond acceptors (Lipinski definition) is 2. The van der Waals surface area contributed by atoms with E-state index in [2.05, 4.69) is 34.6 Å². The summed E-state index contributed by atoms with van der Waals surface area (Å²) >= 11 is 0. The van der Waals surface area contributed by atoms with Gasteiger partial charge < -0.3 is 15.8 Å². The number of nitrogens with zero attached hydrogens (tertiary/aromatic N) is 1. The second-order valence-corrected chi connectivity index (χ2v) is 4.25. The number of methoxy groups -OCH3 is 1. The van der Waals surface area contributed by atoms with Gasteiger partial charge in [-0.05, 0) is 17.5 Å². The van der Waals surface area contributed by atoms with Gasteiger partial charge in [-0.1, -0.05) is 24.3 Å². The third-order valence-corrected chi connectivity index (χ3v) is 3.06. The minimum absolute atomic E-state index is 0.506. The summed E-state index contributed by atoms with van der Waals surface area (Å²) in [4.78, 5) is 4.34. The molecule has 2 rings (SSSR count). The first kappa shape index (κ1) is 11.9. The Morgan fingerprint density at radius 2 is 2.35 bits per heavy atom. The smallest absolute Gasteiger partial charge is 0.188 e. The van der Waals surface area contributed by atoms with E-state index in [1.165, 1.54) is 11.1 Å². The molecule has 1 atom stereocenters. The van der Waals surface area contributed by atoms with Crippen LogP contribution in [0.2, 0.25) is 0 Å². The molecule has 1 aliphatic rings. The van der Waals surface area contributed by atoms with E-state index in [0.717, 1.165) is 13.0 Å². The molecule has 0 fully saturated rings. The molecular weight excluding hydrogens is 214 g/mol. The molecule has 0 saturated heterocycles. The van der Waals surface area contributed by atoms with Gasteiger partial charge in [0.05, 0.1) is 6.61 Å². The molecule has 0 saturated carbocycles. The van der Waals surface area contributed by atoms with Gasteiger partial charge in [0.15, 0.2) is 5.96 Å². The van der Waals surface area contributed by atoms with Gasteiger partial charge in [0.2, 0.25) is 0 Å². The molecule has 92 valence electrons. The fourth-order valence-corrected chi connectivity index (χ4v) is 2.07. The number of nitrogens with one attached hydrogen (secondary N) is 1. The van der Waals surface area contributed by atoms with Gasteiger partial charge in [0.25, 0.3) is 0 Å². The lowest BCUT2D eigenvalue weighted by molar-refractivity contribution is 0.204. The standard InChI is InChI=1S/C13H19N3O/c1-17-7-6-15-13(14)16-9-11-8-10-4-2-3-5-12(10)11/h2-5,11H,6-9H2,1H3,(H3,14,15,16). The van der Waals surface area contributed by atoms with Gasteiger partial charge in [-0.25, -0.2) is 0 Å². The van der Waals surface area contributed by atoms with E-state index in [0.29, 0.717) is 25.0 Å². The van der Waals surface area contributed by atoms with E-state index < -0.39 is 0 Å². The van der Waals surface area contributed by atoms with Crippen LogP contribution in [0.1, 0.15) is 17.0 Å². The van der Waals surface area contributed by atoms with Crippen molar-refractivity contribution >= 4 is 5.96 Å². The van der Waals surface area contributed by atoms with Gasteiger partial charge in [-0.3, -0.25) is 4.99 Å². The molecule has 0 spiro atoms. The van der Waals surface area contributed by atoms with Crippen molar-refractivity contribution in [3.63, 3.8) is 0 Å². The Bertz CT molecular complexity index is 403. The molecule has 1 aromatic rings. The van der Waals surface area contributed by atoms with Crippen LogP contribution in [0.5, 0.6) is 0 Å². The summed E-state index contributed by atoms with van der Waals surface area (Å²) in [7, 11) is 1.67. The molecule has 0 heterocycles. The SMILES string of the molecule is COCCNC(N)=NCC1Cc2ccccc21. The van der Waals surface area contributed by atoms with Gasteiger partial charge >= 0.3 is 0 Å². The Labute approximate surface area is 102 Å². The quantitative estimate of drug-likeness (QED) is 0.451. The monoisotopic (exact) mass is 233 g/mol. The molecule has 3 N–H and O–H groups in total. The molecule has 0 radical (unpaired) electrons. The van der Waals surface area contributed by atoms with Crippen LogP contribution in [0.4, 0.5) is 0 Å². The summed E-state index contributed by atoms with van der Waals surface area (Å²) in [6.45, 7) is 2.11. The van der Waals surface area contributed by atoms with E-state index in [9.17, 15) is 0 Å². The molecule has 4 heteroatoms. The van der Waals surface area contributed by atoms with Crippen molar-refractivity contribution in [2.75, 3.05) is 26.8 Å². The van der Waals surface area contributed by atoms with Crippen molar-refractivity contribution < 1.29 is 4.74 Å². The minimum atomic E-state index is 0.506. The second-order valence-electron chi connectivity index (χ2n) is 4.25. The lowest BCUT2D eigenvalue weighted by Crippen LogP contribution is -2.35. The highest BCUT2D eigenvalue weighted by atomic mass is 16.5. The highest BCUT2D eigenvalue weighted by Gasteiger charge is 2.24. The van der Waals surface area contributed by atoms with Crippen molar-refractivity contribution in [3.8, 4) is 0 Å². The lowest BCUT2D eigenvalue weighted by atomic mass is 9.78. The number of nitrogens with two attached hydrogens (primary N) is 1. The van der Waals surface area contributed by atoms with Crippen molar-refractivity contribution in [2.45, 2.75) is 12.3 Å². The topological polar surface area (TPSA) is 59.6 Å². The fraction of sp³-hybridized carbons (Fsp3) is 0.462. The molecule has 0 amide bonds. The highest BCUT2D eigenvalue weighted by Crippen LogP contribution is 2.34. The zero-order valence-corrected chi connectivity index (χ0v) is 10.1. The van der Waals surface area contributed by atoms with Gasteiger partial charge in [-0.15, -0.1) is 0 Å². The number of aliphatic imine (C=N–C) groups is 1. The van der Waals surface area contributed by atoms with Gasteiger partial charge in [-0.2, -0.15) is 0 Å². The second kappa shape index (κ2) is 5.68. The number of rotatable bonds is 5. The first-order valence-corrected chi connectivity index (χ1v) is 5.92. The van der Waals surface area contributed by atoms with Crippen molar-refractivity contribution in [1.29, 1.82) is 0 Å². The molecule has 1 unspecified atom stereocenters. The van der Waals surface area contributed by atoms with E-state index >= 15 is 0 Å². The van der Waals surface area contributed by atoms with Crippen LogP contribution >= 0.6 is 0 Å². The molecule has 0 aliphatic heterocycles. The van der Waals surface area contributed by atoms with Crippen LogP contribution < -0.4 is 11.1 Å². The summed E-state index contributed by atoms with van der Waals surface area (Å²) in [5.74, 6) is 1.04. The summed E-state index contributed by atoms with van der Waals surface area (Å²) in [5.41, 5.74) is 8.61. The van der Waals surface area contributed by atoms with Crippen LogP contribution in [0, 0.1) is 0 Å². The van der Waals surface area contributed by atoms with Crippen LogP contribution in [-0.2, 0) is 11.2 Å². The van der Waals surface area contributed by atoms with Crippen molar-refractivity contribution in [1.82, 2.24) is 5.32 Å². The van der Waals surface area contributed by atoms with E-state index in [1.807, 2.05) is 0 Å². The first-order chi connectivity index (χ1) is 8.31. The first-order valence-electron chi connectivity index (χ1n) is 5.92. The van der Waals surface area contributed by atoms with E-state index in [-0.39, 0.29) is 0 Å². The highest BCUT2D eigenvalue weighted by molar-refractivity contribution is 5.77. The number of fused-ring (bicyclic) bond motifs is 1. The largest absolute Gasteiger partial charge is 0.383 e. The number of benzene rings is 1. The third-order valence-electron chi connectivity index (χ3n) is 3.06.